The summed E-state index contributed by atoms with van der Waals surface area (Å²) in [5.74, 6) is 0.554. The summed E-state index contributed by atoms with van der Waals surface area (Å²) in [5.41, 5.74) is 0.936. The fourth-order valence-corrected chi connectivity index (χ4v) is 0.992. The van der Waals surface area contributed by atoms with Gasteiger partial charge in [-0.25, -0.2) is 0 Å². The first-order valence-electron chi connectivity index (χ1n) is 4.97. The molecule has 0 saturated heterocycles. The van der Waals surface area contributed by atoms with E-state index in [-0.39, 0.29) is 0 Å². The zero-order chi connectivity index (χ0) is 11.1. The number of hydrogen-bond acceptors (Lipinski definition) is 4. The highest BCUT2D eigenvalue weighted by Crippen LogP contribution is 2.13. The van der Waals surface area contributed by atoms with Crippen LogP contribution in [0, 0.1) is 6.92 Å². The van der Waals surface area contributed by atoms with Gasteiger partial charge in [0.15, 0.2) is 0 Å². The van der Waals surface area contributed by atoms with Crippen LogP contribution >= 0.6 is 0 Å². The molecule has 0 fully saturated rings. The smallest absolute Gasteiger partial charge is 0.320 e. The maximum atomic E-state index is 5.15. The molecule has 15 heavy (non-hydrogen) atoms. The Morgan fingerprint density at radius 3 is 2.27 bits per heavy atom. The van der Waals surface area contributed by atoms with Gasteiger partial charge in [-0.2, -0.15) is 0 Å². The summed E-state index contributed by atoms with van der Waals surface area (Å²) in [6, 6.07) is 10.1. The molecule has 4 nitrogen and oxygen atoms in total. The van der Waals surface area contributed by atoms with Crippen LogP contribution in [0.25, 0.3) is 0 Å². The Morgan fingerprint density at radius 2 is 1.73 bits per heavy atom. The van der Waals surface area contributed by atoms with Crippen LogP contribution in [0.2, 0.25) is 0 Å². The summed E-state index contributed by atoms with van der Waals surface area (Å²) >= 11 is 0. The van der Waals surface area contributed by atoms with Crippen molar-refractivity contribution in [3.8, 4) is 0 Å². The number of aryl methyl sites for hydroxylation is 1. The first-order valence-corrected chi connectivity index (χ1v) is 4.97. The summed E-state index contributed by atoms with van der Waals surface area (Å²) in [5, 5.41) is 10.5. The summed E-state index contributed by atoms with van der Waals surface area (Å²) in [7, 11) is 0. The fourth-order valence-electron chi connectivity index (χ4n) is 0.992. The molecule has 0 aliphatic heterocycles. The van der Waals surface area contributed by atoms with E-state index in [1.165, 1.54) is 0 Å². The Bertz CT molecular complexity index is 384. The summed E-state index contributed by atoms with van der Waals surface area (Å²) in [6.45, 7) is 5.75. The molecule has 0 spiro atoms. The third-order valence-corrected chi connectivity index (χ3v) is 1.55. The minimum absolute atomic E-state index is 0.420. The van der Waals surface area contributed by atoms with Crippen LogP contribution in [0.4, 0.5) is 11.7 Å². The number of rotatable bonds is 2. The molecule has 0 unspecified atom stereocenters. The first-order chi connectivity index (χ1) is 7.34. The van der Waals surface area contributed by atoms with Crippen molar-refractivity contribution in [3.63, 3.8) is 0 Å². The van der Waals surface area contributed by atoms with E-state index in [1.54, 1.807) is 6.92 Å². The molecule has 0 radical (unpaired) electrons. The monoisotopic (exact) mass is 205 g/mol. The summed E-state index contributed by atoms with van der Waals surface area (Å²) < 4.78 is 5.15. The molecule has 0 bridgehead atoms. The third-order valence-electron chi connectivity index (χ3n) is 1.55. The van der Waals surface area contributed by atoms with Crippen molar-refractivity contribution in [1.82, 2.24) is 10.2 Å². The van der Waals surface area contributed by atoms with Crippen LogP contribution in [0.5, 0.6) is 0 Å². The van der Waals surface area contributed by atoms with Gasteiger partial charge in [-0.15, -0.1) is 5.10 Å². The second-order valence-corrected chi connectivity index (χ2v) is 2.62. The SMILES string of the molecule is CC.Cc1nnc(Nc2ccccc2)o1. The number of para-hydroxylation sites is 1. The molecule has 1 N–H and O–H groups in total. The average Bonchev–Trinajstić information content (AvgIpc) is 2.68. The lowest BCUT2D eigenvalue weighted by Gasteiger charge is -1.98. The Kier molecular flexibility index (Phi) is 4.34. The number of nitrogens with zero attached hydrogens (tertiary/aromatic N) is 2. The molecular weight excluding hydrogens is 190 g/mol. The quantitative estimate of drug-likeness (QED) is 0.818. The Morgan fingerprint density at radius 1 is 1.07 bits per heavy atom. The maximum absolute atomic E-state index is 5.15. The minimum Gasteiger partial charge on any atom is -0.408 e. The maximum Gasteiger partial charge on any atom is 0.320 e. The predicted molar refractivity (Wildman–Crippen MR) is 60.1 cm³/mol. The zero-order valence-corrected chi connectivity index (χ0v) is 9.19. The molecule has 1 heterocycles. The van der Waals surface area contributed by atoms with Gasteiger partial charge in [0.05, 0.1) is 0 Å². The van der Waals surface area contributed by atoms with E-state index in [0.29, 0.717) is 11.9 Å². The van der Waals surface area contributed by atoms with Gasteiger partial charge in [0, 0.05) is 12.6 Å². The molecule has 80 valence electrons. The van der Waals surface area contributed by atoms with Gasteiger partial charge in [0.1, 0.15) is 0 Å². The summed E-state index contributed by atoms with van der Waals surface area (Å²) in [4.78, 5) is 0. The molecule has 2 aromatic rings. The van der Waals surface area contributed by atoms with Crippen molar-refractivity contribution >= 4 is 11.7 Å². The second kappa shape index (κ2) is 5.80. The molecule has 0 amide bonds. The second-order valence-electron chi connectivity index (χ2n) is 2.62. The van der Waals surface area contributed by atoms with E-state index in [4.69, 9.17) is 4.42 Å². The molecule has 0 aliphatic rings. The lowest BCUT2D eigenvalue weighted by molar-refractivity contribution is 0.535. The molecule has 0 aliphatic carbocycles. The van der Waals surface area contributed by atoms with E-state index in [1.807, 2.05) is 44.2 Å². The predicted octanol–water partition coefficient (Wildman–Crippen LogP) is 3.15. The van der Waals surface area contributed by atoms with E-state index >= 15 is 0 Å². The van der Waals surface area contributed by atoms with Gasteiger partial charge < -0.3 is 9.73 Å². The fraction of sp³-hybridized carbons (Fsp3) is 0.273. The topological polar surface area (TPSA) is 51.0 Å². The van der Waals surface area contributed by atoms with Crippen LogP contribution in [0.15, 0.2) is 34.7 Å². The Hall–Kier alpha value is -1.84. The van der Waals surface area contributed by atoms with Crippen molar-refractivity contribution in [2.75, 3.05) is 5.32 Å². The minimum atomic E-state index is 0.420. The van der Waals surface area contributed by atoms with Crippen LogP contribution in [0.1, 0.15) is 19.7 Å². The van der Waals surface area contributed by atoms with E-state index in [0.717, 1.165) is 5.69 Å². The third kappa shape index (κ3) is 3.42. The highest BCUT2D eigenvalue weighted by Gasteiger charge is 2.00. The number of nitrogens with one attached hydrogen (secondary N) is 1. The molecule has 4 heteroatoms. The molecule has 2 rings (SSSR count). The molecular formula is C11H15N3O. The van der Waals surface area contributed by atoms with Gasteiger partial charge in [-0.3, -0.25) is 0 Å². The van der Waals surface area contributed by atoms with Crippen LogP contribution in [0.3, 0.4) is 0 Å². The highest BCUT2D eigenvalue weighted by molar-refractivity contribution is 5.50. The normalized spacial score (nSPS) is 9.00. The lowest BCUT2D eigenvalue weighted by atomic mass is 10.3. The first kappa shape index (κ1) is 11.2. The number of aromatic nitrogens is 2. The standard InChI is InChI=1S/C9H9N3O.C2H6/c1-7-11-12-9(13-7)10-8-5-3-2-4-6-8;1-2/h2-6H,1H3,(H,10,12);1-2H3. The van der Waals surface area contributed by atoms with Crippen molar-refractivity contribution in [2.24, 2.45) is 0 Å². The van der Waals surface area contributed by atoms with E-state index in [9.17, 15) is 0 Å². The zero-order valence-electron chi connectivity index (χ0n) is 9.19. The molecule has 1 aromatic carbocycles. The highest BCUT2D eigenvalue weighted by atomic mass is 16.4. The van der Waals surface area contributed by atoms with Crippen molar-refractivity contribution in [2.45, 2.75) is 20.8 Å². The van der Waals surface area contributed by atoms with Crippen molar-refractivity contribution in [1.29, 1.82) is 0 Å². The van der Waals surface area contributed by atoms with Gasteiger partial charge in [0.25, 0.3) is 0 Å². The molecule has 0 saturated carbocycles. The van der Waals surface area contributed by atoms with Crippen molar-refractivity contribution in [3.05, 3.63) is 36.2 Å². The van der Waals surface area contributed by atoms with E-state index < -0.39 is 0 Å². The molecule has 1 aromatic heterocycles. The summed E-state index contributed by atoms with van der Waals surface area (Å²) in [6.07, 6.45) is 0. The van der Waals surface area contributed by atoms with Gasteiger partial charge in [-0.05, 0) is 12.1 Å². The van der Waals surface area contributed by atoms with Crippen LogP contribution in [-0.2, 0) is 0 Å². The van der Waals surface area contributed by atoms with E-state index in [2.05, 4.69) is 15.5 Å². The molecule has 0 atom stereocenters. The van der Waals surface area contributed by atoms with Gasteiger partial charge in [0.2, 0.25) is 5.89 Å². The van der Waals surface area contributed by atoms with Crippen molar-refractivity contribution < 1.29 is 4.42 Å². The average molecular weight is 205 g/mol. The van der Waals surface area contributed by atoms with Crippen LogP contribution in [-0.4, -0.2) is 10.2 Å². The van der Waals surface area contributed by atoms with Crippen LogP contribution < -0.4 is 5.32 Å². The number of hydrogen-bond donors (Lipinski definition) is 1. The van der Waals surface area contributed by atoms with Gasteiger partial charge in [-0.1, -0.05) is 37.1 Å². The Labute approximate surface area is 89.3 Å². The number of anilines is 2. The van der Waals surface area contributed by atoms with Gasteiger partial charge >= 0.3 is 6.01 Å². The Balaban J connectivity index is 0.000000531. The largest absolute Gasteiger partial charge is 0.408 e. The lowest BCUT2D eigenvalue weighted by Crippen LogP contribution is -1.88. The number of benzene rings is 1.